The number of hydrogen-bond donors (Lipinski definition) is 2. The van der Waals surface area contributed by atoms with Crippen molar-refractivity contribution in [2.45, 2.75) is 39.3 Å². The van der Waals surface area contributed by atoms with E-state index in [1.165, 1.54) is 0 Å². The van der Waals surface area contributed by atoms with E-state index in [0.29, 0.717) is 6.04 Å². The van der Waals surface area contributed by atoms with Crippen LogP contribution in [0.2, 0.25) is 0 Å². The Morgan fingerprint density at radius 1 is 1.50 bits per heavy atom. The minimum absolute atomic E-state index is 0.256. The molecule has 0 aliphatic rings. The molecule has 0 aromatic carbocycles. The van der Waals surface area contributed by atoms with Gasteiger partial charge in [0.2, 0.25) is 0 Å². The number of rotatable bonds is 6. The molecule has 5 nitrogen and oxygen atoms in total. The van der Waals surface area contributed by atoms with Gasteiger partial charge in [-0.1, -0.05) is 0 Å². The molecule has 2 N–H and O–H groups in total. The molecule has 5 heteroatoms. The second-order valence-electron chi connectivity index (χ2n) is 4.70. The second-order valence-corrected chi connectivity index (χ2v) is 4.70. The topological polar surface area (TPSA) is 62.5 Å². The van der Waals surface area contributed by atoms with Gasteiger partial charge in [0.25, 0.3) is 0 Å². The summed E-state index contributed by atoms with van der Waals surface area (Å²) in [7, 11) is 0. The maximum Gasteiger partial charge on any atom is 0.155 e. The highest BCUT2D eigenvalue weighted by Crippen LogP contribution is 2.05. The third-order valence-electron chi connectivity index (χ3n) is 2.94. The molecule has 0 fully saturated rings. The van der Waals surface area contributed by atoms with Gasteiger partial charge < -0.3 is 10.4 Å². The zero-order valence-corrected chi connectivity index (χ0v) is 10.9. The Balaban J connectivity index is 1.95. The fourth-order valence-electron chi connectivity index (χ4n) is 1.92. The summed E-state index contributed by atoms with van der Waals surface area (Å²) >= 11 is 0. The molecule has 0 aliphatic heterocycles. The van der Waals surface area contributed by atoms with Crippen molar-refractivity contribution in [2.75, 3.05) is 6.61 Å². The first-order valence-electron chi connectivity index (χ1n) is 6.34. The van der Waals surface area contributed by atoms with E-state index in [1.54, 1.807) is 0 Å². The van der Waals surface area contributed by atoms with Gasteiger partial charge in [0, 0.05) is 43.2 Å². The molecule has 2 heterocycles. The monoisotopic (exact) mass is 248 g/mol. The Kier molecular flexibility index (Phi) is 4.28. The summed E-state index contributed by atoms with van der Waals surface area (Å²) in [6, 6.07) is 2.35. The molecule has 2 rings (SSSR count). The highest BCUT2D eigenvalue weighted by molar-refractivity contribution is 5.38. The third kappa shape index (κ3) is 3.27. The third-order valence-corrected chi connectivity index (χ3v) is 2.94. The van der Waals surface area contributed by atoms with E-state index in [1.807, 2.05) is 29.9 Å². The van der Waals surface area contributed by atoms with E-state index in [2.05, 4.69) is 22.3 Å². The van der Waals surface area contributed by atoms with Gasteiger partial charge in [-0.25, -0.2) is 9.50 Å². The highest BCUT2D eigenvalue weighted by Gasteiger charge is 2.03. The van der Waals surface area contributed by atoms with Gasteiger partial charge in [0.1, 0.15) is 0 Å². The molecular weight excluding hydrogens is 228 g/mol. The lowest BCUT2D eigenvalue weighted by atomic mass is 10.2. The largest absolute Gasteiger partial charge is 0.396 e. The van der Waals surface area contributed by atoms with Crippen molar-refractivity contribution in [1.29, 1.82) is 0 Å². The standard InChI is InChI=1S/C13H20N4O/c1-10(4-3-5-18)14-7-12-8-15-13-6-11(2)16-17(13)9-12/h6,8-10,14,18H,3-5,7H2,1-2H3. The number of nitrogens with zero attached hydrogens (tertiary/aromatic N) is 3. The first-order valence-corrected chi connectivity index (χ1v) is 6.34. The molecule has 0 radical (unpaired) electrons. The van der Waals surface area contributed by atoms with Gasteiger partial charge >= 0.3 is 0 Å². The van der Waals surface area contributed by atoms with Crippen LogP contribution in [-0.4, -0.2) is 32.4 Å². The average molecular weight is 248 g/mol. The summed E-state index contributed by atoms with van der Waals surface area (Å²) in [5.41, 5.74) is 2.97. The van der Waals surface area contributed by atoms with Crippen LogP contribution in [-0.2, 0) is 6.54 Å². The Bertz CT molecular complexity index is 509. The van der Waals surface area contributed by atoms with Crippen LogP contribution in [0.15, 0.2) is 18.5 Å². The fraction of sp³-hybridized carbons (Fsp3) is 0.538. The molecule has 2 aromatic rings. The molecule has 0 spiro atoms. The van der Waals surface area contributed by atoms with Crippen LogP contribution in [0.4, 0.5) is 0 Å². The lowest BCUT2D eigenvalue weighted by Gasteiger charge is -2.12. The molecule has 0 bridgehead atoms. The average Bonchev–Trinajstić information content (AvgIpc) is 2.73. The normalized spacial score (nSPS) is 13.1. The molecule has 0 amide bonds. The summed E-state index contributed by atoms with van der Waals surface area (Å²) in [5, 5.41) is 16.5. The van der Waals surface area contributed by atoms with Crippen LogP contribution in [0.1, 0.15) is 31.0 Å². The molecule has 0 saturated heterocycles. The summed E-state index contributed by atoms with van der Waals surface area (Å²) in [4.78, 5) is 4.36. The van der Waals surface area contributed by atoms with Crippen LogP contribution in [0.3, 0.4) is 0 Å². The number of aliphatic hydroxyl groups excluding tert-OH is 1. The number of aliphatic hydroxyl groups is 1. The van der Waals surface area contributed by atoms with Crippen LogP contribution < -0.4 is 5.32 Å². The molecule has 2 aromatic heterocycles. The van der Waals surface area contributed by atoms with Crippen LogP contribution in [0.25, 0.3) is 5.65 Å². The molecule has 1 unspecified atom stereocenters. The Morgan fingerprint density at radius 2 is 2.33 bits per heavy atom. The maximum atomic E-state index is 8.77. The first kappa shape index (κ1) is 13.0. The smallest absolute Gasteiger partial charge is 0.155 e. The quantitative estimate of drug-likeness (QED) is 0.808. The molecular formula is C13H20N4O. The molecule has 0 saturated carbocycles. The fourth-order valence-corrected chi connectivity index (χ4v) is 1.92. The molecule has 1 atom stereocenters. The maximum absolute atomic E-state index is 8.77. The van der Waals surface area contributed by atoms with E-state index in [4.69, 9.17) is 5.11 Å². The SMILES string of the molecule is Cc1cc2ncc(CNC(C)CCCO)cn2n1. The molecule has 0 aliphatic carbocycles. The second kappa shape index (κ2) is 5.93. The number of nitrogens with one attached hydrogen (secondary N) is 1. The van der Waals surface area contributed by atoms with E-state index < -0.39 is 0 Å². The molecule has 98 valence electrons. The predicted octanol–water partition coefficient (Wildman–Crippen LogP) is 1.29. The minimum Gasteiger partial charge on any atom is -0.396 e. The number of aromatic nitrogens is 3. The predicted molar refractivity (Wildman–Crippen MR) is 70.3 cm³/mol. The Morgan fingerprint density at radius 3 is 3.11 bits per heavy atom. The van der Waals surface area contributed by atoms with E-state index >= 15 is 0 Å². The zero-order valence-electron chi connectivity index (χ0n) is 10.9. The lowest BCUT2D eigenvalue weighted by Crippen LogP contribution is -2.25. The van der Waals surface area contributed by atoms with Crippen molar-refractivity contribution in [1.82, 2.24) is 19.9 Å². The Labute approximate surface area is 107 Å². The number of aryl methyl sites for hydroxylation is 1. The van der Waals surface area contributed by atoms with Crippen molar-refractivity contribution in [3.63, 3.8) is 0 Å². The van der Waals surface area contributed by atoms with Crippen LogP contribution >= 0.6 is 0 Å². The summed E-state index contributed by atoms with van der Waals surface area (Å²) in [6.45, 7) is 5.11. The van der Waals surface area contributed by atoms with Gasteiger partial charge in [-0.2, -0.15) is 5.10 Å². The number of hydrogen-bond acceptors (Lipinski definition) is 4. The van der Waals surface area contributed by atoms with E-state index in [-0.39, 0.29) is 6.61 Å². The van der Waals surface area contributed by atoms with Crippen molar-refractivity contribution in [3.8, 4) is 0 Å². The van der Waals surface area contributed by atoms with Crippen molar-refractivity contribution >= 4 is 5.65 Å². The van der Waals surface area contributed by atoms with E-state index in [0.717, 1.165) is 36.3 Å². The van der Waals surface area contributed by atoms with Crippen molar-refractivity contribution in [3.05, 3.63) is 29.7 Å². The van der Waals surface area contributed by atoms with Crippen molar-refractivity contribution in [2.24, 2.45) is 0 Å². The Hall–Kier alpha value is -1.46. The van der Waals surface area contributed by atoms with Gasteiger partial charge in [-0.15, -0.1) is 0 Å². The van der Waals surface area contributed by atoms with Gasteiger partial charge in [-0.3, -0.25) is 0 Å². The first-order chi connectivity index (χ1) is 8.69. The lowest BCUT2D eigenvalue weighted by molar-refractivity contribution is 0.276. The zero-order chi connectivity index (χ0) is 13.0. The van der Waals surface area contributed by atoms with Gasteiger partial charge in [0.05, 0.1) is 5.69 Å². The number of fused-ring (bicyclic) bond motifs is 1. The van der Waals surface area contributed by atoms with Crippen molar-refractivity contribution < 1.29 is 5.11 Å². The summed E-state index contributed by atoms with van der Waals surface area (Å²) < 4.78 is 1.81. The van der Waals surface area contributed by atoms with Gasteiger partial charge in [0.15, 0.2) is 5.65 Å². The summed E-state index contributed by atoms with van der Waals surface area (Å²) in [6.07, 6.45) is 5.69. The molecule has 18 heavy (non-hydrogen) atoms. The van der Waals surface area contributed by atoms with Gasteiger partial charge in [-0.05, 0) is 26.7 Å². The highest BCUT2D eigenvalue weighted by atomic mass is 16.2. The van der Waals surface area contributed by atoms with Crippen LogP contribution in [0, 0.1) is 6.92 Å². The minimum atomic E-state index is 0.256. The summed E-state index contributed by atoms with van der Waals surface area (Å²) in [5.74, 6) is 0. The van der Waals surface area contributed by atoms with Crippen LogP contribution in [0.5, 0.6) is 0 Å². The van der Waals surface area contributed by atoms with E-state index in [9.17, 15) is 0 Å².